The number of hydrogen-bond donors (Lipinski definition) is 3. The molecule has 1 aliphatic heterocycles. The van der Waals surface area contributed by atoms with E-state index in [4.69, 9.17) is 5.73 Å². The maximum absolute atomic E-state index is 11.2. The van der Waals surface area contributed by atoms with Crippen molar-refractivity contribution in [1.29, 1.82) is 0 Å². The second-order valence-corrected chi connectivity index (χ2v) is 2.67. The Hall–Kier alpha value is -1.98. The Morgan fingerprint density at radius 2 is 2.38 bits per heavy atom. The molecule has 6 nitrogen and oxygen atoms in total. The minimum absolute atomic E-state index is 0.113. The highest BCUT2D eigenvalue weighted by Crippen LogP contribution is 2.20. The third-order valence-corrected chi connectivity index (χ3v) is 1.90. The summed E-state index contributed by atoms with van der Waals surface area (Å²) in [5.74, 6) is 0.255. The number of nitrogens with zero attached hydrogens (tertiary/aromatic N) is 1. The quantitative estimate of drug-likeness (QED) is 0.507. The van der Waals surface area contributed by atoms with E-state index in [0.717, 1.165) is 0 Å². The average molecular weight is 180 g/mol. The Morgan fingerprint density at radius 1 is 1.62 bits per heavy atom. The molecule has 0 saturated carbocycles. The molecule has 0 bridgehead atoms. The van der Waals surface area contributed by atoms with Gasteiger partial charge in [-0.1, -0.05) is 0 Å². The third-order valence-electron chi connectivity index (χ3n) is 1.90. The van der Waals surface area contributed by atoms with E-state index in [0.29, 0.717) is 11.4 Å². The molecule has 3 amide bonds. The van der Waals surface area contributed by atoms with Crippen molar-refractivity contribution in [3.8, 4) is 0 Å². The van der Waals surface area contributed by atoms with E-state index in [1.807, 2.05) is 0 Å². The van der Waals surface area contributed by atoms with E-state index >= 15 is 0 Å². The average Bonchev–Trinajstić information content (AvgIpc) is 2.53. The number of nitrogens with two attached hydrogens (primary N) is 1. The highest BCUT2D eigenvalue weighted by atomic mass is 16.2. The van der Waals surface area contributed by atoms with Crippen molar-refractivity contribution in [2.75, 3.05) is 11.6 Å². The van der Waals surface area contributed by atoms with Gasteiger partial charge in [-0.25, -0.2) is 4.79 Å². The summed E-state index contributed by atoms with van der Waals surface area (Å²) >= 11 is 0. The van der Waals surface area contributed by atoms with E-state index in [2.05, 4.69) is 10.3 Å². The largest absolute Gasteiger partial charge is 0.351 e. The highest BCUT2D eigenvalue weighted by molar-refractivity contribution is 6.05. The van der Waals surface area contributed by atoms with Gasteiger partial charge < -0.3 is 16.0 Å². The summed E-state index contributed by atoms with van der Waals surface area (Å²) in [5, 5.41) is 2.52. The van der Waals surface area contributed by atoms with Crippen LogP contribution in [0.25, 0.3) is 0 Å². The molecule has 1 aliphatic rings. The van der Waals surface area contributed by atoms with Gasteiger partial charge in [0.25, 0.3) is 5.91 Å². The molecule has 0 spiro atoms. The maximum Gasteiger partial charge on any atom is 0.321 e. The molecule has 2 rings (SSSR count). The molecule has 4 N–H and O–H groups in total. The number of fused-ring (bicyclic) bond motifs is 1. The Bertz CT molecular complexity index is 370. The second kappa shape index (κ2) is 2.51. The van der Waals surface area contributed by atoms with Gasteiger partial charge in [-0.2, -0.15) is 0 Å². The Labute approximate surface area is 73.7 Å². The van der Waals surface area contributed by atoms with Gasteiger partial charge in [0.15, 0.2) is 0 Å². The van der Waals surface area contributed by atoms with Crippen LogP contribution in [0, 0.1) is 0 Å². The van der Waals surface area contributed by atoms with Crippen molar-refractivity contribution in [3.05, 3.63) is 17.8 Å². The third kappa shape index (κ3) is 1.03. The number of nitrogens with one attached hydrogen (secondary N) is 2. The van der Waals surface area contributed by atoms with Gasteiger partial charge in [0, 0.05) is 6.20 Å². The highest BCUT2D eigenvalue weighted by Gasteiger charge is 2.26. The van der Waals surface area contributed by atoms with Crippen LogP contribution in [0.4, 0.5) is 10.6 Å². The lowest BCUT2D eigenvalue weighted by Crippen LogP contribution is -2.48. The zero-order chi connectivity index (χ0) is 9.42. The summed E-state index contributed by atoms with van der Waals surface area (Å²) in [6, 6.07) is 1.00. The van der Waals surface area contributed by atoms with Crippen LogP contribution >= 0.6 is 0 Å². The van der Waals surface area contributed by atoms with Gasteiger partial charge in [0.05, 0.1) is 5.56 Å². The Morgan fingerprint density at radius 3 is 3.08 bits per heavy atom. The topological polar surface area (TPSA) is 91.2 Å². The molecule has 6 heteroatoms. The molecule has 2 heterocycles. The molecular formula is C7H8N4O2. The summed E-state index contributed by atoms with van der Waals surface area (Å²) in [5.41, 5.74) is 5.54. The van der Waals surface area contributed by atoms with Crippen LogP contribution in [0.5, 0.6) is 0 Å². The number of rotatable bonds is 0. The van der Waals surface area contributed by atoms with Crippen molar-refractivity contribution in [3.63, 3.8) is 0 Å². The number of aromatic nitrogens is 1. The lowest BCUT2D eigenvalue weighted by Gasteiger charge is -2.24. The van der Waals surface area contributed by atoms with Crippen molar-refractivity contribution < 1.29 is 9.59 Å². The van der Waals surface area contributed by atoms with Crippen LogP contribution in [0.3, 0.4) is 0 Å². The Kier molecular flexibility index (Phi) is 1.48. The molecule has 0 atom stereocenters. The van der Waals surface area contributed by atoms with Gasteiger partial charge in [-0.05, 0) is 6.07 Å². The molecule has 0 aromatic carbocycles. The van der Waals surface area contributed by atoms with Crippen LogP contribution in [-0.2, 0) is 0 Å². The van der Waals surface area contributed by atoms with E-state index in [1.54, 1.807) is 12.3 Å². The predicted molar refractivity (Wildman–Crippen MR) is 45.2 cm³/mol. The summed E-state index contributed by atoms with van der Waals surface area (Å²) in [7, 11) is 0. The number of H-pyrrole nitrogens is 1. The standard InChI is InChI=1S/C7H8N4O2/c8-7(13)11-3-10-6(12)4-1-2-9-5(4)11/h1-2,9H,3H2,(H2,8,13)(H,10,12). The summed E-state index contributed by atoms with van der Waals surface area (Å²) in [6.45, 7) is 0.113. The van der Waals surface area contributed by atoms with Crippen molar-refractivity contribution in [2.24, 2.45) is 5.73 Å². The van der Waals surface area contributed by atoms with E-state index in [-0.39, 0.29) is 12.6 Å². The lowest BCUT2D eigenvalue weighted by molar-refractivity contribution is 0.0949. The van der Waals surface area contributed by atoms with Crippen LogP contribution in [0.2, 0.25) is 0 Å². The van der Waals surface area contributed by atoms with Gasteiger partial charge in [0.2, 0.25) is 0 Å². The number of hydrogen-bond acceptors (Lipinski definition) is 2. The minimum atomic E-state index is -0.594. The van der Waals surface area contributed by atoms with E-state index < -0.39 is 6.03 Å². The number of carbonyl (C=O) groups excluding carboxylic acids is 2. The second-order valence-electron chi connectivity index (χ2n) is 2.67. The first-order valence-electron chi connectivity index (χ1n) is 3.72. The zero-order valence-corrected chi connectivity index (χ0v) is 6.70. The molecule has 1 aromatic heterocycles. The molecule has 13 heavy (non-hydrogen) atoms. The predicted octanol–water partition coefficient (Wildman–Crippen LogP) is -0.399. The van der Waals surface area contributed by atoms with Gasteiger partial charge >= 0.3 is 6.03 Å². The van der Waals surface area contributed by atoms with Crippen molar-refractivity contribution in [1.82, 2.24) is 10.3 Å². The van der Waals surface area contributed by atoms with Gasteiger partial charge in [-0.15, -0.1) is 0 Å². The molecule has 1 aromatic rings. The molecule has 0 aliphatic carbocycles. The lowest BCUT2D eigenvalue weighted by atomic mass is 10.2. The summed E-state index contributed by atoms with van der Waals surface area (Å²) in [6.07, 6.45) is 1.59. The number of aromatic amines is 1. The monoisotopic (exact) mass is 180 g/mol. The number of amides is 3. The SMILES string of the molecule is NC(=O)N1CNC(=O)c2cc[nH]c21. The molecule has 0 radical (unpaired) electrons. The molecule has 68 valence electrons. The molecule has 0 fully saturated rings. The van der Waals surface area contributed by atoms with Crippen LogP contribution in [-0.4, -0.2) is 23.6 Å². The first-order chi connectivity index (χ1) is 6.20. The van der Waals surface area contributed by atoms with Gasteiger partial charge in [0.1, 0.15) is 12.5 Å². The van der Waals surface area contributed by atoms with Crippen LogP contribution in [0.1, 0.15) is 10.4 Å². The number of urea groups is 1. The molecule has 0 saturated heterocycles. The maximum atomic E-state index is 11.2. The fourth-order valence-corrected chi connectivity index (χ4v) is 1.28. The van der Waals surface area contributed by atoms with E-state index in [9.17, 15) is 9.59 Å². The van der Waals surface area contributed by atoms with Crippen molar-refractivity contribution in [2.45, 2.75) is 0 Å². The van der Waals surface area contributed by atoms with Crippen LogP contribution < -0.4 is 16.0 Å². The first-order valence-corrected chi connectivity index (χ1v) is 3.72. The Balaban J connectivity index is 2.46. The zero-order valence-electron chi connectivity index (χ0n) is 6.70. The normalized spacial score (nSPS) is 15.1. The van der Waals surface area contributed by atoms with Crippen LogP contribution in [0.15, 0.2) is 12.3 Å². The molecule has 0 unspecified atom stereocenters. The molecular weight excluding hydrogens is 172 g/mol. The van der Waals surface area contributed by atoms with Gasteiger partial charge in [-0.3, -0.25) is 9.69 Å². The van der Waals surface area contributed by atoms with Crippen molar-refractivity contribution >= 4 is 17.8 Å². The van der Waals surface area contributed by atoms with E-state index in [1.165, 1.54) is 4.90 Å². The number of anilines is 1. The fraction of sp³-hybridized carbons (Fsp3) is 0.143. The smallest absolute Gasteiger partial charge is 0.321 e. The summed E-state index contributed by atoms with van der Waals surface area (Å²) in [4.78, 5) is 26.1. The summed E-state index contributed by atoms with van der Waals surface area (Å²) < 4.78 is 0. The minimum Gasteiger partial charge on any atom is -0.351 e. The number of primary amides is 1. The fourth-order valence-electron chi connectivity index (χ4n) is 1.28. The first kappa shape index (κ1) is 7.66. The number of carbonyl (C=O) groups is 2.